The van der Waals surface area contributed by atoms with Gasteiger partial charge in [-0.2, -0.15) is 0 Å². The Bertz CT molecular complexity index is 1420. The maximum Gasteiger partial charge on any atom is 0.279 e. The molecule has 1 heterocycles. The average Bonchev–Trinajstić information content (AvgIpc) is 2.88. The van der Waals surface area contributed by atoms with Gasteiger partial charge in [-0.1, -0.05) is 23.7 Å². The first-order chi connectivity index (χ1) is 18.1. The van der Waals surface area contributed by atoms with Crippen LogP contribution in [0.3, 0.4) is 0 Å². The van der Waals surface area contributed by atoms with Gasteiger partial charge in [0.25, 0.3) is 11.5 Å². The lowest BCUT2D eigenvalue weighted by Crippen LogP contribution is -2.29. The minimum Gasteiger partial charge on any atom is -0.488 e. The third-order valence-corrected chi connectivity index (χ3v) is 5.45. The molecule has 0 radical (unpaired) electrons. The lowest BCUT2D eigenvalue weighted by Gasteiger charge is -2.16. The summed E-state index contributed by atoms with van der Waals surface area (Å²) in [6.45, 7) is 6.91. The minimum absolute atomic E-state index is 0.0402. The Kier molecular flexibility index (Phi) is 9.61. The number of nitrogens with one attached hydrogen (secondary N) is 2. The molecular formula is C27H29ClFN5O4. The minimum atomic E-state index is -0.562. The Morgan fingerprint density at radius 1 is 1.21 bits per heavy atom. The number of ether oxygens (including phenoxy) is 2. The highest BCUT2D eigenvalue weighted by Crippen LogP contribution is 2.24. The van der Waals surface area contributed by atoms with E-state index >= 15 is 0 Å². The van der Waals surface area contributed by atoms with Gasteiger partial charge in [0.05, 0.1) is 26.0 Å². The molecule has 11 heteroatoms. The molecule has 0 saturated carbocycles. The number of halogens is 2. The van der Waals surface area contributed by atoms with E-state index < -0.39 is 17.3 Å². The van der Waals surface area contributed by atoms with Crippen LogP contribution in [-0.2, 0) is 16.1 Å². The van der Waals surface area contributed by atoms with E-state index in [0.29, 0.717) is 16.6 Å². The number of hydrogen-bond donors (Lipinski definition) is 2. The number of aromatic nitrogens is 2. The van der Waals surface area contributed by atoms with Gasteiger partial charge >= 0.3 is 0 Å². The summed E-state index contributed by atoms with van der Waals surface area (Å²) in [4.78, 5) is 34.4. The molecule has 1 amide bonds. The van der Waals surface area contributed by atoms with Gasteiger partial charge < -0.3 is 20.1 Å². The molecule has 0 unspecified atom stereocenters. The summed E-state index contributed by atoms with van der Waals surface area (Å²) in [5, 5.41) is 6.11. The van der Waals surface area contributed by atoms with Crippen LogP contribution in [0.25, 0.3) is 0 Å². The molecule has 0 atom stereocenters. The van der Waals surface area contributed by atoms with E-state index in [0.717, 1.165) is 5.56 Å². The van der Waals surface area contributed by atoms with Crippen molar-refractivity contribution in [1.29, 1.82) is 0 Å². The van der Waals surface area contributed by atoms with Gasteiger partial charge in [-0.3, -0.25) is 14.2 Å². The summed E-state index contributed by atoms with van der Waals surface area (Å²) < 4.78 is 26.3. The molecule has 0 aliphatic rings. The fourth-order valence-electron chi connectivity index (χ4n) is 3.17. The van der Waals surface area contributed by atoms with Crippen molar-refractivity contribution in [3.05, 3.63) is 87.2 Å². The molecule has 2 aromatic carbocycles. The fraction of sp³-hybridized carbons (Fsp3) is 0.259. The van der Waals surface area contributed by atoms with Crippen molar-refractivity contribution < 1.29 is 18.7 Å². The van der Waals surface area contributed by atoms with Crippen LogP contribution in [0.4, 0.5) is 21.7 Å². The van der Waals surface area contributed by atoms with Crippen molar-refractivity contribution >= 4 is 40.7 Å². The largest absolute Gasteiger partial charge is 0.488 e. The smallest absolute Gasteiger partial charge is 0.279 e. The van der Waals surface area contributed by atoms with Crippen LogP contribution in [0, 0.1) is 5.82 Å². The van der Waals surface area contributed by atoms with E-state index in [9.17, 15) is 14.0 Å². The molecule has 0 bridgehead atoms. The standard InChI is InChI=1S/C27H29ClFN5O4/c1-16(2)38-24-11-10-21(12-22(24)29)32-27-31-14-23(33-25(35)17(3)13-30-18(4)37-5)26(36)34(27)15-19-6-8-20(28)9-7-19/h6-14,16H,15H2,1-5H3,(H,31,32)(H,33,35)/b17-13+,30-18+. The van der Waals surface area contributed by atoms with Gasteiger partial charge in [-0.25, -0.2) is 14.4 Å². The zero-order valence-corrected chi connectivity index (χ0v) is 22.5. The van der Waals surface area contributed by atoms with Crippen LogP contribution in [-0.4, -0.2) is 34.6 Å². The van der Waals surface area contributed by atoms with E-state index in [-0.39, 0.29) is 35.6 Å². The Morgan fingerprint density at radius 3 is 2.55 bits per heavy atom. The molecule has 1 aromatic heterocycles. The number of anilines is 3. The number of nitrogens with zero attached hydrogens (tertiary/aromatic N) is 3. The van der Waals surface area contributed by atoms with Crippen molar-refractivity contribution in [3.63, 3.8) is 0 Å². The maximum atomic E-state index is 14.6. The first kappa shape index (κ1) is 28.4. The van der Waals surface area contributed by atoms with E-state index in [1.807, 2.05) is 0 Å². The van der Waals surface area contributed by atoms with Gasteiger partial charge in [-0.05, 0) is 50.6 Å². The monoisotopic (exact) mass is 541 g/mol. The number of aliphatic imine (C=N–C) groups is 1. The first-order valence-electron chi connectivity index (χ1n) is 11.7. The van der Waals surface area contributed by atoms with Crippen LogP contribution in [0.1, 0.15) is 33.3 Å². The van der Waals surface area contributed by atoms with E-state index in [4.69, 9.17) is 21.1 Å². The van der Waals surface area contributed by atoms with Crippen molar-refractivity contribution in [3.8, 4) is 5.75 Å². The van der Waals surface area contributed by atoms with E-state index in [1.165, 1.54) is 36.2 Å². The number of carbonyl (C=O) groups excluding carboxylic acids is 1. The first-order valence-corrected chi connectivity index (χ1v) is 12.1. The number of carbonyl (C=O) groups is 1. The van der Waals surface area contributed by atoms with E-state index in [2.05, 4.69) is 20.6 Å². The summed E-state index contributed by atoms with van der Waals surface area (Å²) in [6.07, 6.45) is 2.39. The van der Waals surface area contributed by atoms with Gasteiger partial charge in [-0.15, -0.1) is 0 Å². The Labute approximate surface area is 225 Å². The Hall–Kier alpha value is -4.18. The summed E-state index contributed by atoms with van der Waals surface area (Å²) in [6, 6.07) is 11.3. The molecule has 2 N–H and O–H groups in total. The lowest BCUT2D eigenvalue weighted by molar-refractivity contribution is -0.112. The van der Waals surface area contributed by atoms with Crippen LogP contribution < -0.4 is 20.9 Å². The molecule has 200 valence electrons. The molecule has 38 heavy (non-hydrogen) atoms. The number of methoxy groups -OCH3 is 1. The zero-order chi connectivity index (χ0) is 27.8. The Morgan fingerprint density at radius 2 is 1.92 bits per heavy atom. The maximum absolute atomic E-state index is 14.6. The van der Waals surface area contributed by atoms with Gasteiger partial charge in [0.2, 0.25) is 5.95 Å². The highest BCUT2D eigenvalue weighted by molar-refractivity contribution is 6.30. The summed E-state index contributed by atoms with van der Waals surface area (Å²) in [5.74, 6) is -0.457. The topological polar surface area (TPSA) is 107 Å². The van der Waals surface area contributed by atoms with Crippen molar-refractivity contribution in [2.45, 2.75) is 40.3 Å². The second-order valence-corrected chi connectivity index (χ2v) is 9.00. The third-order valence-electron chi connectivity index (χ3n) is 5.19. The van der Waals surface area contributed by atoms with Crippen LogP contribution in [0.5, 0.6) is 5.75 Å². The highest BCUT2D eigenvalue weighted by Gasteiger charge is 2.16. The number of amides is 1. The number of rotatable bonds is 9. The predicted molar refractivity (Wildman–Crippen MR) is 147 cm³/mol. The fourth-order valence-corrected chi connectivity index (χ4v) is 3.30. The predicted octanol–water partition coefficient (Wildman–Crippen LogP) is 5.52. The highest BCUT2D eigenvalue weighted by atomic mass is 35.5. The molecule has 0 saturated heterocycles. The zero-order valence-electron chi connectivity index (χ0n) is 21.7. The average molecular weight is 542 g/mol. The molecule has 0 spiro atoms. The quantitative estimate of drug-likeness (QED) is 0.210. The lowest BCUT2D eigenvalue weighted by atomic mass is 10.2. The van der Waals surface area contributed by atoms with Crippen LogP contribution in [0.15, 0.2) is 70.2 Å². The summed E-state index contributed by atoms with van der Waals surface area (Å²) >= 11 is 6.00. The normalized spacial score (nSPS) is 11.9. The second-order valence-electron chi connectivity index (χ2n) is 8.57. The molecule has 3 aromatic rings. The molecule has 0 aliphatic heterocycles. The van der Waals surface area contributed by atoms with Crippen molar-refractivity contribution in [1.82, 2.24) is 9.55 Å². The van der Waals surface area contributed by atoms with Crippen LogP contribution >= 0.6 is 11.6 Å². The van der Waals surface area contributed by atoms with Crippen molar-refractivity contribution in [2.75, 3.05) is 17.7 Å². The van der Waals surface area contributed by atoms with Gasteiger partial charge in [0.15, 0.2) is 17.5 Å². The molecule has 9 nitrogen and oxygen atoms in total. The molecule has 0 fully saturated rings. The van der Waals surface area contributed by atoms with E-state index in [1.54, 1.807) is 58.0 Å². The SMILES string of the molecule is CO/C(C)=N/C=C(\C)C(=O)Nc1cnc(Nc2ccc(OC(C)C)c(F)c2)n(Cc2ccc(Cl)cc2)c1=O. The molecule has 3 rings (SSSR count). The number of hydrogen-bond acceptors (Lipinski definition) is 7. The Balaban J connectivity index is 1.96. The summed E-state index contributed by atoms with van der Waals surface area (Å²) in [5.41, 5.74) is 0.817. The van der Waals surface area contributed by atoms with Crippen molar-refractivity contribution in [2.24, 2.45) is 4.99 Å². The molecule has 0 aliphatic carbocycles. The number of benzene rings is 2. The van der Waals surface area contributed by atoms with Gasteiger partial charge in [0, 0.05) is 35.5 Å². The van der Waals surface area contributed by atoms with Crippen LogP contribution in [0.2, 0.25) is 5.02 Å². The second kappa shape index (κ2) is 12.9. The van der Waals surface area contributed by atoms with Gasteiger partial charge in [0.1, 0.15) is 5.69 Å². The summed E-state index contributed by atoms with van der Waals surface area (Å²) in [7, 11) is 1.47. The molecular weight excluding hydrogens is 513 g/mol. The third kappa shape index (κ3) is 7.66.